The first-order valence-electron chi connectivity index (χ1n) is 15.0. The summed E-state index contributed by atoms with van der Waals surface area (Å²) < 4.78 is 22.8. The van der Waals surface area contributed by atoms with Gasteiger partial charge in [0.05, 0.1) is 0 Å². The molecule has 0 bridgehead atoms. The summed E-state index contributed by atoms with van der Waals surface area (Å²) in [4.78, 5) is 11.4. The van der Waals surface area contributed by atoms with Crippen molar-refractivity contribution < 1.29 is 44.2 Å². The van der Waals surface area contributed by atoms with E-state index in [9.17, 15) is 25.2 Å². The van der Waals surface area contributed by atoms with Crippen LogP contribution >= 0.6 is 0 Å². The Morgan fingerprint density at radius 1 is 0.766 bits per heavy atom. The van der Waals surface area contributed by atoms with E-state index in [4.69, 9.17) is 30.1 Å². The Kier molecular flexibility index (Phi) is 10.1. The Hall–Kier alpha value is -4.94. The minimum atomic E-state index is -1.79. The topological polar surface area (TPSA) is 185 Å². The number of carboxylic acid groups (broad SMARTS) is 1. The zero-order valence-corrected chi connectivity index (χ0v) is 25.9. The number of ether oxygens (including phenoxy) is 4. The molecule has 5 unspecified atom stereocenters. The molecule has 5 rings (SSSR count). The minimum absolute atomic E-state index is 0.0138. The molecule has 11 nitrogen and oxygen atoms in total. The lowest BCUT2D eigenvalue weighted by Gasteiger charge is -2.38. The standard InChI is InChI=1S/C36H38N2O9/c1-36(2,25-10-16-28(17-11-25)46-35-31(41)29(39)30(40)32(47-35)34(42)43)24-8-14-27(15-9-24)45-20-22-5-3-4-21(18-22)19-44-26-12-6-23(7-13-26)33(37)38/h3-18,29-32,35,39-41H,19-20H2,1-2H3,(H3,37,38)(H,42,43). The molecule has 0 spiro atoms. The van der Waals surface area contributed by atoms with Crippen LogP contribution in [0.5, 0.6) is 17.2 Å². The summed E-state index contributed by atoms with van der Waals surface area (Å²) in [5.74, 6) is 0.245. The molecule has 246 valence electrons. The predicted molar refractivity (Wildman–Crippen MR) is 173 cm³/mol. The quantitative estimate of drug-likeness (QED) is 0.0983. The number of hydrogen-bond acceptors (Lipinski definition) is 9. The zero-order valence-electron chi connectivity index (χ0n) is 25.9. The molecule has 1 aliphatic heterocycles. The number of nitrogens with two attached hydrogens (primary N) is 1. The Bertz CT molecular complexity index is 1670. The molecule has 1 heterocycles. The first kappa shape index (κ1) is 33.4. The molecule has 0 amide bonds. The van der Waals surface area contributed by atoms with Crippen LogP contribution in [-0.4, -0.2) is 62.9 Å². The summed E-state index contributed by atoms with van der Waals surface area (Å²) in [6, 6.07) is 30.0. The average molecular weight is 643 g/mol. The summed E-state index contributed by atoms with van der Waals surface area (Å²) in [5, 5.41) is 46.9. The van der Waals surface area contributed by atoms with Crippen molar-refractivity contribution >= 4 is 11.8 Å². The molecule has 0 radical (unpaired) electrons. The van der Waals surface area contributed by atoms with E-state index in [0.29, 0.717) is 30.3 Å². The summed E-state index contributed by atoms with van der Waals surface area (Å²) >= 11 is 0. The van der Waals surface area contributed by atoms with Gasteiger partial charge >= 0.3 is 5.97 Å². The van der Waals surface area contributed by atoms with Crippen LogP contribution in [0.4, 0.5) is 0 Å². The van der Waals surface area contributed by atoms with Gasteiger partial charge in [-0.2, -0.15) is 0 Å². The van der Waals surface area contributed by atoms with Crippen molar-refractivity contribution in [3.05, 3.63) is 125 Å². The van der Waals surface area contributed by atoms with Gasteiger partial charge in [0.1, 0.15) is 54.6 Å². The van der Waals surface area contributed by atoms with Crippen molar-refractivity contribution in [1.82, 2.24) is 0 Å². The summed E-state index contributed by atoms with van der Waals surface area (Å²) in [6.07, 6.45) is -8.38. The van der Waals surface area contributed by atoms with Gasteiger partial charge in [0.2, 0.25) is 6.29 Å². The number of benzene rings is 4. The lowest BCUT2D eigenvalue weighted by atomic mass is 9.78. The van der Waals surface area contributed by atoms with E-state index < -0.39 is 42.1 Å². The highest BCUT2D eigenvalue weighted by molar-refractivity contribution is 5.94. The average Bonchev–Trinajstić information content (AvgIpc) is 3.07. The monoisotopic (exact) mass is 642 g/mol. The van der Waals surface area contributed by atoms with Gasteiger partial charge in [-0.15, -0.1) is 0 Å². The molecular formula is C36H38N2O9. The van der Waals surface area contributed by atoms with Crippen molar-refractivity contribution in [2.24, 2.45) is 5.73 Å². The number of nitrogen functional groups attached to an aromatic ring is 1. The highest BCUT2D eigenvalue weighted by Gasteiger charge is 2.48. The van der Waals surface area contributed by atoms with Crippen LogP contribution in [0.1, 0.15) is 41.7 Å². The number of carbonyl (C=O) groups is 1. The smallest absolute Gasteiger partial charge is 0.335 e. The van der Waals surface area contributed by atoms with Gasteiger partial charge in [0.25, 0.3) is 0 Å². The van der Waals surface area contributed by atoms with E-state index in [1.165, 1.54) is 0 Å². The fraction of sp³-hybridized carbons (Fsp3) is 0.278. The van der Waals surface area contributed by atoms with Crippen LogP contribution in [0.15, 0.2) is 97.1 Å². The number of aliphatic hydroxyl groups is 3. The number of aliphatic carboxylic acids is 1. The van der Waals surface area contributed by atoms with E-state index in [1.807, 2.05) is 60.7 Å². The molecule has 0 saturated carbocycles. The van der Waals surface area contributed by atoms with Crippen LogP contribution in [0.25, 0.3) is 0 Å². The second-order valence-corrected chi connectivity index (χ2v) is 11.9. The highest BCUT2D eigenvalue weighted by atomic mass is 16.7. The SMILES string of the molecule is CC(C)(c1ccc(OCc2cccc(COc3ccc(C(=N)N)cc3)c2)cc1)c1ccc(OC2OC(C(=O)O)C(O)C(O)C2O)cc1. The molecule has 4 aromatic carbocycles. The van der Waals surface area contributed by atoms with Gasteiger partial charge in [-0.05, 0) is 76.9 Å². The van der Waals surface area contributed by atoms with Crippen molar-refractivity contribution in [3.63, 3.8) is 0 Å². The zero-order chi connectivity index (χ0) is 33.7. The predicted octanol–water partition coefficient (Wildman–Crippen LogP) is 3.73. The van der Waals surface area contributed by atoms with Crippen molar-refractivity contribution in [2.45, 2.75) is 63.2 Å². The van der Waals surface area contributed by atoms with Gasteiger partial charge in [-0.3, -0.25) is 5.41 Å². The molecule has 11 heteroatoms. The van der Waals surface area contributed by atoms with Gasteiger partial charge in [-0.25, -0.2) is 4.79 Å². The molecule has 4 aromatic rings. The minimum Gasteiger partial charge on any atom is -0.489 e. The third-order valence-electron chi connectivity index (χ3n) is 8.18. The normalized spacial score (nSPS) is 21.1. The molecule has 5 atom stereocenters. The first-order valence-corrected chi connectivity index (χ1v) is 15.0. The van der Waals surface area contributed by atoms with Gasteiger partial charge < -0.3 is 45.1 Å². The van der Waals surface area contributed by atoms with Gasteiger partial charge in [-0.1, -0.05) is 56.3 Å². The van der Waals surface area contributed by atoms with E-state index in [2.05, 4.69) is 13.8 Å². The van der Waals surface area contributed by atoms with Crippen LogP contribution in [0.2, 0.25) is 0 Å². The van der Waals surface area contributed by atoms with Crippen molar-refractivity contribution in [2.75, 3.05) is 0 Å². The third kappa shape index (κ3) is 7.90. The Morgan fingerprint density at radius 3 is 1.74 bits per heavy atom. The van der Waals surface area contributed by atoms with Gasteiger partial charge in [0, 0.05) is 11.0 Å². The molecule has 0 aromatic heterocycles. The number of aliphatic hydroxyl groups excluding tert-OH is 3. The van der Waals surface area contributed by atoms with Crippen molar-refractivity contribution in [3.8, 4) is 17.2 Å². The van der Waals surface area contributed by atoms with Crippen LogP contribution in [0, 0.1) is 5.41 Å². The second-order valence-electron chi connectivity index (χ2n) is 11.9. The molecular weight excluding hydrogens is 604 g/mol. The highest BCUT2D eigenvalue weighted by Crippen LogP contribution is 2.34. The third-order valence-corrected chi connectivity index (χ3v) is 8.18. The molecule has 1 fully saturated rings. The van der Waals surface area contributed by atoms with E-state index in [0.717, 1.165) is 28.0 Å². The number of amidine groups is 1. The Morgan fingerprint density at radius 2 is 1.26 bits per heavy atom. The molecule has 47 heavy (non-hydrogen) atoms. The van der Waals surface area contributed by atoms with Crippen LogP contribution in [-0.2, 0) is 28.2 Å². The van der Waals surface area contributed by atoms with Crippen molar-refractivity contribution in [1.29, 1.82) is 5.41 Å². The van der Waals surface area contributed by atoms with E-state index in [-0.39, 0.29) is 5.84 Å². The maximum atomic E-state index is 11.4. The summed E-state index contributed by atoms with van der Waals surface area (Å²) in [7, 11) is 0. The maximum absolute atomic E-state index is 11.4. The second kappa shape index (κ2) is 14.2. The maximum Gasteiger partial charge on any atom is 0.335 e. The molecule has 1 aliphatic rings. The van der Waals surface area contributed by atoms with E-state index in [1.54, 1.807) is 36.4 Å². The molecule has 1 saturated heterocycles. The Balaban J connectivity index is 1.16. The van der Waals surface area contributed by atoms with Crippen LogP contribution < -0.4 is 19.9 Å². The van der Waals surface area contributed by atoms with E-state index >= 15 is 0 Å². The van der Waals surface area contributed by atoms with Gasteiger partial charge in [0.15, 0.2) is 6.10 Å². The lowest BCUT2D eigenvalue weighted by molar-refractivity contribution is -0.271. The molecule has 0 aliphatic carbocycles. The largest absolute Gasteiger partial charge is 0.489 e. The Labute approximate surface area is 272 Å². The molecule has 7 N–H and O–H groups in total. The lowest BCUT2D eigenvalue weighted by Crippen LogP contribution is -2.61. The number of hydrogen-bond donors (Lipinski definition) is 6. The number of carboxylic acids is 1. The fourth-order valence-electron chi connectivity index (χ4n) is 5.24. The fourth-order valence-corrected chi connectivity index (χ4v) is 5.24. The number of nitrogens with one attached hydrogen (secondary N) is 1. The number of rotatable bonds is 12. The summed E-state index contributed by atoms with van der Waals surface area (Å²) in [6.45, 7) is 4.92. The summed E-state index contributed by atoms with van der Waals surface area (Å²) in [5.41, 5.74) is 9.77. The first-order chi connectivity index (χ1) is 22.4. The van der Waals surface area contributed by atoms with Crippen LogP contribution in [0.3, 0.4) is 0 Å².